The highest BCUT2D eigenvalue weighted by molar-refractivity contribution is 5.26. The van der Waals surface area contributed by atoms with Crippen LogP contribution in [-0.4, -0.2) is 11.2 Å². The fourth-order valence-corrected chi connectivity index (χ4v) is 5.94. The lowest BCUT2D eigenvalue weighted by atomic mass is 9.27. The highest BCUT2D eigenvalue weighted by Crippen LogP contribution is 2.83. The van der Waals surface area contributed by atoms with Crippen molar-refractivity contribution in [3.05, 3.63) is 0 Å². The van der Waals surface area contributed by atoms with Gasteiger partial charge in [-0.15, -0.1) is 0 Å². The molecular formula is C14H22O. The molecule has 84 valence electrons. The number of aliphatic hydroxyl groups excluding tert-OH is 1. The van der Waals surface area contributed by atoms with Crippen LogP contribution in [0.25, 0.3) is 0 Å². The Morgan fingerprint density at radius 2 is 1.53 bits per heavy atom. The van der Waals surface area contributed by atoms with E-state index in [1.807, 2.05) is 0 Å². The summed E-state index contributed by atoms with van der Waals surface area (Å²) in [4.78, 5) is 0. The van der Waals surface area contributed by atoms with Gasteiger partial charge >= 0.3 is 0 Å². The third-order valence-corrected chi connectivity index (χ3v) is 6.98. The van der Waals surface area contributed by atoms with Crippen molar-refractivity contribution in [1.29, 1.82) is 0 Å². The van der Waals surface area contributed by atoms with E-state index in [9.17, 15) is 5.11 Å². The normalized spacial score (nSPS) is 49.0. The molecule has 0 amide bonds. The Labute approximate surface area is 92.3 Å². The van der Waals surface area contributed by atoms with E-state index in [2.05, 4.69) is 0 Å². The summed E-state index contributed by atoms with van der Waals surface area (Å²) in [5.41, 5.74) is 1.77. The van der Waals surface area contributed by atoms with Crippen molar-refractivity contribution in [3.8, 4) is 0 Å². The monoisotopic (exact) mass is 206 g/mol. The molecule has 1 nitrogen and oxygen atoms in total. The summed E-state index contributed by atoms with van der Waals surface area (Å²) >= 11 is 0. The van der Waals surface area contributed by atoms with E-state index in [4.69, 9.17) is 0 Å². The molecule has 0 unspecified atom stereocenters. The SMILES string of the molecule is O[C@H]1C[C@]2(CCC23CCC3)C12CCCC2. The molecule has 4 fully saturated rings. The maximum absolute atomic E-state index is 10.3. The Morgan fingerprint density at radius 1 is 0.800 bits per heavy atom. The van der Waals surface area contributed by atoms with Crippen LogP contribution >= 0.6 is 0 Å². The van der Waals surface area contributed by atoms with Gasteiger partial charge in [0.25, 0.3) is 0 Å². The summed E-state index contributed by atoms with van der Waals surface area (Å²) in [6.45, 7) is 0. The van der Waals surface area contributed by atoms with Crippen molar-refractivity contribution in [3.63, 3.8) is 0 Å². The number of fused-ring (bicyclic) bond motifs is 2. The van der Waals surface area contributed by atoms with Crippen molar-refractivity contribution in [1.82, 2.24) is 0 Å². The molecule has 0 aromatic rings. The topological polar surface area (TPSA) is 20.2 Å². The minimum Gasteiger partial charge on any atom is -0.393 e. The molecular weight excluding hydrogens is 184 g/mol. The van der Waals surface area contributed by atoms with Gasteiger partial charge in [-0.3, -0.25) is 0 Å². The highest BCUT2D eigenvalue weighted by Gasteiger charge is 2.77. The van der Waals surface area contributed by atoms with Gasteiger partial charge in [0.15, 0.2) is 0 Å². The molecule has 0 aromatic heterocycles. The summed E-state index contributed by atoms with van der Waals surface area (Å²) in [6.07, 6.45) is 14.1. The molecule has 3 spiro atoms. The van der Waals surface area contributed by atoms with Crippen LogP contribution in [0.5, 0.6) is 0 Å². The average molecular weight is 206 g/mol. The lowest BCUT2D eigenvalue weighted by molar-refractivity contribution is -0.320. The summed E-state index contributed by atoms with van der Waals surface area (Å²) in [7, 11) is 0. The lowest BCUT2D eigenvalue weighted by Gasteiger charge is -2.78. The van der Waals surface area contributed by atoms with Crippen LogP contribution in [-0.2, 0) is 0 Å². The van der Waals surface area contributed by atoms with Crippen LogP contribution in [0.2, 0.25) is 0 Å². The largest absolute Gasteiger partial charge is 0.393 e. The molecule has 15 heavy (non-hydrogen) atoms. The Balaban J connectivity index is 1.72. The molecule has 4 aliphatic carbocycles. The van der Waals surface area contributed by atoms with Gasteiger partial charge in [0.1, 0.15) is 0 Å². The Hall–Kier alpha value is -0.0400. The molecule has 0 aliphatic heterocycles. The summed E-state index contributed by atoms with van der Waals surface area (Å²) in [5.74, 6) is 0. The van der Waals surface area contributed by atoms with E-state index in [0.29, 0.717) is 10.8 Å². The summed E-state index contributed by atoms with van der Waals surface area (Å²) in [5, 5.41) is 10.3. The summed E-state index contributed by atoms with van der Waals surface area (Å²) < 4.78 is 0. The quantitative estimate of drug-likeness (QED) is 0.645. The second kappa shape index (κ2) is 2.45. The van der Waals surface area contributed by atoms with Gasteiger partial charge < -0.3 is 5.11 Å². The van der Waals surface area contributed by atoms with Crippen LogP contribution in [0.3, 0.4) is 0 Å². The summed E-state index contributed by atoms with van der Waals surface area (Å²) in [6, 6.07) is 0. The number of aliphatic hydroxyl groups is 1. The predicted molar refractivity (Wildman–Crippen MR) is 59.5 cm³/mol. The van der Waals surface area contributed by atoms with Crippen LogP contribution in [0.4, 0.5) is 0 Å². The maximum Gasteiger partial charge on any atom is 0.0607 e. The molecule has 0 saturated heterocycles. The van der Waals surface area contributed by atoms with Crippen LogP contribution in [0.15, 0.2) is 0 Å². The van der Waals surface area contributed by atoms with Gasteiger partial charge in [-0.1, -0.05) is 19.3 Å². The molecule has 1 N–H and O–H groups in total. The molecule has 4 rings (SSSR count). The number of hydrogen-bond acceptors (Lipinski definition) is 1. The van der Waals surface area contributed by atoms with Gasteiger partial charge in [0.05, 0.1) is 6.10 Å². The predicted octanol–water partition coefficient (Wildman–Crippen LogP) is 3.26. The van der Waals surface area contributed by atoms with Crippen molar-refractivity contribution in [2.75, 3.05) is 0 Å². The van der Waals surface area contributed by atoms with E-state index < -0.39 is 0 Å². The molecule has 1 heteroatoms. The van der Waals surface area contributed by atoms with E-state index >= 15 is 0 Å². The van der Waals surface area contributed by atoms with Crippen molar-refractivity contribution < 1.29 is 5.11 Å². The van der Waals surface area contributed by atoms with E-state index in [1.165, 1.54) is 57.8 Å². The minimum absolute atomic E-state index is 0.0674. The second-order valence-electron chi connectivity index (χ2n) is 6.80. The zero-order valence-corrected chi connectivity index (χ0v) is 9.60. The van der Waals surface area contributed by atoms with Crippen molar-refractivity contribution in [2.45, 2.75) is 70.3 Å². The average Bonchev–Trinajstić information content (AvgIpc) is 2.60. The van der Waals surface area contributed by atoms with Crippen molar-refractivity contribution >= 4 is 0 Å². The van der Waals surface area contributed by atoms with Crippen LogP contribution < -0.4 is 0 Å². The standard InChI is InChI=1S/C14H22O/c15-11-10-14(13(11)6-1-2-7-13)9-8-12(14)4-3-5-12/h11,15H,1-10H2/t11-,14-/m0/s1. The van der Waals surface area contributed by atoms with E-state index in [1.54, 1.807) is 0 Å². The van der Waals surface area contributed by atoms with Crippen LogP contribution in [0, 0.1) is 16.2 Å². The Morgan fingerprint density at radius 3 is 1.93 bits per heavy atom. The number of rotatable bonds is 0. The second-order valence-corrected chi connectivity index (χ2v) is 6.80. The Kier molecular flexibility index (Phi) is 1.47. The fourth-order valence-electron chi connectivity index (χ4n) is 5.94. The minimum atomic E-state index is 0.0674. The van der Waals surface area contributed by atoms with Crippen LogP contribution in [0.1, 0.15) is 64.2 Å². The zero-order valence-electron chi connectivity index (χ0n) is 9.60. The van der Waals surface area contributed by atoms with E-state index in [0.717, 1.165) is 11.8 Å². The van der Waals surface area contributed by atoms with Gasteiger partial charge in [0, 0.05) is 5.41 Å². The number of hydrogen-bond donors (Lipinski definition) is 1. The first-order chi connectivity index (χ1) is 7.25. The van der Waals surface area contributed by atoms with Gasteiger partial charge in [0.2, 0.25) is 0 Å². The molecule has 0 bridgehead atoms. The highest BCUT2D eigenvalue weighted by atomic mass is 16.3. The first-order valence-electron chi connectivity index (χ1n) is 6.93. The zero-order chi connectivity index (χ0) is 10.1. The molecule has 4 saturated carbocycles. The molecule has 0 aromatic carbocycles. The first kappa shape index (κ1) is 9.04. The molecule has 0 heterocycles. The third-order valence-electron chi connectivity index (χ3n) is 6.98. The third kappa shape index (κ3) is 0.712. The van der Waals surface area contributed by atoms with Gasteiger partial charge in [-0.2, -0.15) is 0 Å². The smallest absolute Gasteiger partial charge is 0.0607 e. The first-order valence-corrected chi connectivity index (χ1v) is 6.93. The van der Waals surface area contributed by atoms with Gasteiger partial charge in [-0.25, -0.2) is 0 Å². The molecule has 0 radical (unpaired) electrons. The van der Waals surface area contributed by atoms with Gasteiger partial charge in [-0.05, 0) is 55.8 Å². The molecule has 4 aliphatic rings. The molecule has 2 atom stereocenters. The Bertz CT molecular complexity index is 293. The fraction of sp³-hybridized carbons (Fsp3) is 1.00. The lowest BCUT2D eigenvalue weighted by Crippen LogP contribution is -2.73. The van der Waals surface area contributed by atoms with Crippen molar-refractivity contribution in [2.24, 2.45) is 16.2 Å². The van der Waals surface area contributed by atoms with E-state index in [-0.39, 0.29) is 6.10 Å². The maximum atomic E-state index is 10.3.